The number of likely N-dealkylation sites (N-methyl/N-ethyl adjacent to an activating group) is 1. The van der Waals surface area contributed by atoms with Gasteiger partial charge in [0.2, 0.25) is 0 Å². The van der Waals surface area contributed by atoms with Gasteiger partial charge in [-0.15, -0.1) is 0 Å². The molecule has 20 heavy (non-hydrogen) atoms. The molecule has 0 saturated heterocycles. The fraction of sp³-hybridized carbons (Fsp3) is 0.294. The van der Waals surface area contributed by atoms with E-state index in [1.165, 1.54) is 11.1 Å². The summed E-state index contributed by atoms with van der Waals surface area (Å²) in [6.45, 7) is 1.90. The summed E-state index contributed by atoms with van der Waals surface area (Å²) in [7, 11) is 3.85. The molecule has 104 valence electrons. The molecule has 1 unspecified atom stereocenters. The second-order valence-electron chi connectivity index (χ2n) is 5.13. The quantitative estimate of drug-likeness (QED) is 0.926. The normalized spacial score (nSPS) is 17.4. The number of fused-ring (bicyclic) bond motifs is 1. The highest BCUT2D eigenvalue weighted by molar-refractivity contribution is 5.59. The van der Waals surface area contributed by atoms with E-state index in [1.807, 2.05) is 12.1 Å². The Morgan fingerprint density at radius 3 is 2.70 bits per heavy atom. The summed E-state index contributed by atoms with van der Waals surface area (Å²) in [6, 6.07) is 17.1. The Labute approximate surface area is 120 Å². The first kappa shape index (κ1) is 13.0. The molecule has 0 spiro atoms. The van der Waals surface area contributed by atoms with E-state index in [1.54, 1.807) is 7.11 Å². The lowest BCUT2D eigenvalue weighted by molar-refractivity contribution is 0.412. The minimum absolute atomic E-state index is 0.330. The van der Waals surface area contributed by atoms with Crippen LogP contribution in [0.3, 0.4) is 0 Å². The van der Waals surface area contributed by atoms with Gasteiger partial charge in [-0.05, 0) is 23.3 Å². The molecule has 0 amide bonds. The van der Waals surface area contributed by atoms with Gasteiger partial charge in [0.25, 0.3) is 0 Å². The predicted octanol–water partition coefficient (Wildman–Crippen LogP) is 2.98. The number of para-hydroxylation sites is 2. The molecule has 1 aliphatic rings. The summed E-state index contributed by atoms with van der Waals surface area (Å²) >= 11 is 0. The van der Waals surface area contributed by atoms with Gasteiger partial charge in [-0.3, -0.25) is 0 Å². The fourth-order valence-corrected chi connectivity index (χ4v) is 2.91. The maximum absolute atomic E-state index is 5.48. The Morgan fingerprint density at radius 2 is 1.85 bits per heavy atom. The lowest BCUT2D eigenvalue weighted by Crippen LogP contribution is -2.37. The minimum atomic E-state index is 0.330. The number of ether oxygens (including phenoxy) is 1. The number of methoxy groups -OCH3 is 1. The van der Waals surface area contributed by atoms with Crippen LogP contribution in [-0.4, -0.2) is 20.7 Å². The lowest BCUT2D eigenvalue weighted by Gasteiger charge is -2.35. The molecule has 0 aliphatic carbocycles. The molecule has 3 nitrogen and oxygen atoms in total. The Kier molecular flexibility index (Phi) is 3.61. The average Bonchev–Trinajstić information content (AvgIpc) is 2.53. The van der Waals surface area contributed by atoms with Crippen molar-refractivity contribution in [3.8, 4) is 5.75 Å². The Balaban J connectivity index is 1.97. The van der Waals surface area contributed by atoms with Gasteiger partial charge in [-0.1, -0.05) is 36.4 Å². The van der Waals surface area contributed by atoms with E-state index in [0.29, 0.717) is 6.04 Å². The second-order valence-corrected chi connectivity index (χ2v) is 5.13. The summed E-state index contributed by atoms with van der Waals surface area (Å²) in [5, 5.41) is 3.50. The molecular weight excluding hydrogens is 248 g/mol. The van der Waals surface area contributed by atoms with Gasteiger partial charge in [0.1, 0.15) is 5.75 Å². The molecule has 0 radical (unpaired) electrons. The molecule has 3 rings (SSSR count). The maximum atomic E-state index is 5.48. The van der Waals surface area contributed by atoms with Crippen molar-refractivity contribution < 1.29 is 4.74 Å². The van der Waals surface area contributed by atoms with Crippen molar-refractivity contribution in [3.05, 3.63) is 59.7 Å². The number of rotatable bonds is 3. The van der Waals surface area contributed by atoms with E-state index in [4.69, 9.17) is 4.74 Å². The third kappa shape index (κ3) is 2.25. The van der Waals surface area contributed by atoms with Gasteiger partial charge in [-0.25, -0.2) is 0 Å². The van der Waals surface area contributed by atoms with Crippen LogP contribution in [-0.2, 0) is 6.54 Å². The SMILES string of the molecule is COc1ccccc1N(C)C1CNCc2ccccc21. The Bertz CT molecular complexity index is 597. The first-order valence-electron chi connectivity index (χ1n) is 6.95. The van der Waals surface area contributed by atoms with Crippen molar-refractivity contribution >= 4 is 5.69 Å². The van der Waals surface area contributed by atoms with Crippen LogP contribution in [0.25, 0.3) is 0 Å². The molecule has 0 bridgehead atoms. The zero-order chi connectivity index (χ0) is 13.9. The largest absolute Gasteiger partial charge is 0.495 e. The van der Waals surface area contributed by atoms with Gasteiger partial charge in [0.15, 0.2) is 0 Å². The molecule has 0 fully saturated rings. The van der Waals surface area contributed by atoms with E-state index in [2.05, 4.69) is 53.7 Å². The van der Waals surface area contributed by atoms with Gasteiger partial charge in [-0.2, -0.15) is 0 Å². The monoisotopic (exact) mass is 268 g/mol. The number of nitrogens with zero attached hydrogens (tertiary/aromatic N) is 1. The number of hydrogen-bond donors (Lipinski definition) is 1. The average molecular weight is 268 g/mol. The van der Waals surface area contributed by atoms with Crippen LogP contribution in [0.15, 0.2) is 48.5 Å². The van der Waals surface area contributed by atoms with Gasteiger partial charge < -0.3 is 15.0 Å². The molecule has 0 saturated carbocycles. The minimum Gasteiger partial charge on any atom is -0.495 e. The molecule has 3 heteroatoms. The fourth-order valence-electron chi connectivity index (χ4n) is 2.91. The number of anilines is 1. The van der Waals surface area contributed by atoms with E-state index >= 15 is 0 Å². The van der Waals surface area contributed by atoms with Gasteiger partial charge in [0.05, 0.1) is 18.8 Å². The smallest absolute Gasteiger partial charge is 0.142 e. The van der Waals surface area contributed by atoms with Crippen molar-refractivity contribution in [2.75, 3.05) is 25.6 Å². The topological polar surface area (TPSA) is 24.5 Å². The highest BCUT2D eigenvalue weighted by atomic mass is 16.5. The maximum Gasteiger partial charge on any atom is 0.142 e. The summed E-state index contributed by atoms with van der Waals surface area (Å²) in [5.41, 5.74) is 3.91. The van der Waals surface area contributed by atoms with E-state index in [9.17, 15) is 0 Å². The van der Waals surface area contributed by atoms with Crippen LogP contribution in [0.2, 0.25) is 0 Å². The van der Waals surface area contributed by atoms with E-state index in [-0.39, 0.29) is 0 Å². The lowest BCUT2D eigenvalue weighted by atomic mass is 9.95. The Morgan fingerprint density at radius 1 is 1.10 bits per heavy atom. The number of nitrogens with one attached hydrogen (secondary N) is 1. The van der Waals surface area contributed by atoms with Crippen LogP contribution in [0.1, 0.15) is 17.2 Å². The molecule has 0 aromatic heterocycles. The number of hydrogen-bond acceptors (Lipinski definition) is 3. The van der Waals surface area contributed by atoms with Crippen molar-refractivity contribution in [3.63, 3.8) is 0 Å². The summed E-state index contributed by atoms with van der Waals surface area (Å²) < 4.78 is 5.48. The highest BCUT2D eigenvalue weighted by Gasteiger charge is 2.24. The zero-order valence-electron chi connectivity index (χ0n) is 12.0. The van der Waals surface area contributed by atoms with Crippen LogP contribution in [0.4, 0.5) is 5.69 Å². The Hall–Kier alpha value is -2.00. The zero-order valence-corrected chi connectivity index (χ0v) is 12.0. The molecule has 1 aliphatic heterocycles. The highest BCUT2D eigenvalue weighted by Crippen LogP contribution is 2.34. The standard InChI is InChI=1S/C17H20N2O/c1-19(15-9-5-6-10-17(15)20-2)16-12-18-11-13-7-3-4-8-14(13)16/h3-10,16,18H,11-12H2,1-2H3. The van der Waals surface area contributed by atoms with Gasteiger partial charge in [0, 0.05) is 20.1 Å². The van der Waals surface area contributed by atoms with Crippen molar-refractivity contribution in [1.29, 1.82) is 0 Å². The van der Waals surface area contributed by atoms with Crippen LogP contribution in [0.5, 0.6) is 5.75 Å². The molecular formula is C17H20N2O. The van der Waals surface area contributed by atoms with Crippen LogP contribution in [0, 0.1) is 0 Å². The van der Waals surface area contributed by atoms with Crippen LogP contribution >= 0.6 is 0 Å². The van der Waals surface area contributed by atoms with Crippen molar-refractivity contribution in [2.24, 2.45) is 0 Å². The second kappa shape index (κ2) is 5.55. The third-order valence-corrected chi connectivity index (χ3v) is 4.00. The molecule has 2 aromatic rings. The first-order chi connectivity index (χ1) is 9.81. The molecule has 2 aromatic carbocycles. The summed E-state index contributed by atoms with van der Waals surface area (Å²) in [4.78, 5) is 2.30. The van der Waals surface area contributed by atoms with Crippen molar-refractivity contribution in [1.82, 2.24) is 5.32 Å². The van der Waals surface area contributed by atoms with Crippen LogP contribution < -0.4 is 15.0 Å². The predicted molar refractivity (Wildman–Crippen MR) is 82.3 cm³/mol. The third-order valence-electron chi connectivity index (χ3n) is 4.00. The molecule has 1 atom stereocenters. The summed E-state index contributed by atoms with van der Waals surface area (Å²) in [5.74, 6) is 0.915. The summed E-state index contributed by atoms with van der Waals surface area (Å²) in [6.07, 6.45) is 0. The van der Waals surface area contributed by atoms with Crippen molar-refractivity contribution in [2.45, 2.75) is 12.6 Å². The van der Waals surface area contributed by atoms with E-state index < -0.39 is 0 Å². The molecule has 1 N–H and O–H groups in total. The molecule has 1 heterocycles. The van der Waals surface area contributed by atoms with E-state index in [0.717, 1.165) is 24.5 Å². The van der Waals surface area contributed by atoms with Gasteiger partial charge >= 0.3 is 0 Å². The first-order valence-corrected chi connectivity index (χ1v) is 6.95. The number of benzene rings is 2.